The highest BCUT2D eigenvalue weighted by Crippen LogP contribution is 2.06. The number of halogens is 2. The molecule has 1 atom stereocenters. The van der Waals surface area contributed by atoms with Gasteiger partial charge < -0.3 is 4.90 Å². The van der Waals surface area contributed by atoms with Gasteiger partial charge in [-0.25, -0.2) is 4.39 Å². The largest absolute Gasteiger partial charge is 0.339 e. The summed E-state index contributed by atoms with van der Waals surface area (Å²) in [6, 6.07) is 0. The Hall–Kier alpha value is -0.350. The molecule has 1 rings (SSSR count). The second-order valence-electron chi connectivity index (χ2n) is 3.47. The first kappa shape index (κ1) is 11.7. The Balaban J connectivity index is 2.32. The molecule has 1 amide bonds. The van der Waals surface area contributed by atoms with Gasteiger partial charge in [0.1, 0.15) is 12.1 Å². The summed E-state index contributed by atoms with van der Waals surface area (Å²) in [4.78, 5) is 15.2. The van der Waals surface area contributed by atoms with E-state index >= 15 is 0 Å². The third kappa shape index (κ3) is 3.10. The van der Waals surface area contributed by atoms with Crippen molar-refractivity contribution in [2.24, 2.45) is 0 Å². The highest BCUT2D eigenvalue weighted by Gasteiger charge is 2.23. The van der Waals surface area contributed by atoms with Gasteiger partial charge in [-0.05, 0) is 6.92 Å². The van der Waals surface area contributed by atoms with E-state index in [9.17, 15) is 9.18 Å². The molecule has 0 aromatic rings. The van der Waals surface area contributed by atoms with Gasteiger partial charge in [-0.2, -0.15) is 0 Å². The molecule has 0 aromatic carbocycles. The number of carbonyl (C=O) groups is 1. The lowest BCUT2D eigenvalue weighted by Gasteiger charge is -2.34. The molecule has 1 aliphatic heterocycles. The number of amides is 1. The molecule has 0 spiro atoms. The SMILES string of the molecule is C[C@H](Cl)C(=O)N1CCN(CCF)CC1. The fraction of sp³-hybridized carbons (Fsp3) is 0.889. The third-order valence-corrected chi connectivity index (χ3v) is 2.61. The molecule has 1 aliphatic rings. The highest BCUT2D eigenvalue weighted by molar-refractivity contribution is 6.30. The number of rotatable bonds is 3. The van der Waals surface area contributed by atoms with Crippen LogP contribution in [0.4, 0.5) is 4.39 Å². The van der Waals surface area contributed by atoms with Gasteiger partial charge in [0.15, 0.2) is 0 Å². The van der Waals surface area contributed by atoms with Crippen LogP contribution in [0.25, 0.3) is 0 Å². The third-order valence-electron chi connectivity index (χ3n) is 2.42. The Morgan fingerprint density at radius 1 is 1.43 bits per heavy atom. The molecule has 1 saturated heterocycles. The standard InChI is InChI=1S/C9H16ClFN2O/c1-8(10)9(14)13-6-4-12(3-2-11)5-7-13/h8H,2-7H2,1H3/t8-/m0/s1. The maximum Gasteiger partial charge on any atom is 0.240 e. The number of hydrogen-bond acceptors (Lipinski definition) is 2. The summed E-state index contributed by atoms with van der Waals surface area (Å²) >= 11 is 5.69. The average molecular weight is 223 g/mol. The topological polar surface area (TPSA) is 23.6 Å². The van der Waals surface area contributed by atoms with Gasteiger partial charge in [-0.15, -0.1) is 11.6 Å². The molecule has 5 heteroatoms. The predicted molar refractivity (Wildman–Crippen MR) is 54.3 cm³/mol. The van der Waals surface area contributed by atoms with Gasteiger partial charge in [0.05, 0.1) is 0 Å². The summed E-state index contributed by atoms with van der Waals surface area (Å²) < 4.78 is 12.0. The zero-order valence-electron chi connectivity index (χ0n) is 8.38. The van der Waals surface area contributed by atoms with E-state index in [0.717, 1.165) is 13.1 Å². The smallest absolute Gasteiger partial charge is 0.240 e. The van der Waals surface area contributed by atoms with Gasteiger partial charge in [-0.3, -0.25) is 9.69 Å². The fourth-order valence-corrected chi connectivity index (χ4v) is 1.70. The second kappa shape index (κ2) is 5.51. The maximum atomic E-state index is 12.0. The van der Waals surface area contributed by atoms with Crippen LogP contribution in [0.2, 0.25) is 0 Å². The van der Waals surface area contributed by atoms with Gasteiger partial charge >= 0.3 is 0 Å². The Kier molecular flexibility index (Phi) is 4.62. The van der Waals surface area contributed by atoms with E-state index in [1.165, 1.54) is 0 Å². The molecule has 1 heterocycles. The first-order chi connectivity index (χ1) is 6.65. The molecular formula is C9H16ClFN2O. The molecule has 14 heavy (non-hydrogen) atoms. The molecule has 0 bridgehead atoms. The molecule has 0 saturated carbocycles. The summed E-state index contributed by atoms with van der Waals surface area (Å²) in [5, 5.41) is -0.456. The number of hydrogen-bond donors (Lipinski definition) is 0. The van der Waals surface area contributed by atoms with Crippen LogP contribution in [-0.2, 0) is 4.79 Å². The average Bonchev–Trinajstić information content (AvgIpc) is 2.18. The number of piperazine rings is 1. The van der Waals surface area contributed by atoms with Crippen LogP contribution in [0.5, 0.6) is 0 Å². The van der Waals surface area contributed by atoms with E-state index in [1.807, 2.05) is 4.90 Å². The van der Waals surface area contributed by atoms with E-state index in [-0.39, 0.29) is 12.6 Å². The molecular weight excluding hydrogens is 207 g/mol. The fourth-order valence-electron chi connectivity index (χ4n) is 1.56. The lowest BCUT2D eigenvalue weighted by atomic mass is 10.3. The minimum atomic E-state index is -0.456. The van der Waals surface area contributed by atoms with Crippen LogP contribution in [0.15, 0.2) is 0 Å². The van der Waals surface area contributed by atoms with Crippen molar-refractivity contribution < 1.29 is 9.18 Å². The highest BCUT2D eigenvalue weighted by atomic mass is 35.5. The van der Waals surface area contributed by atoms with Crippen molar-refractivity contribution in [2.75, 3.05) is 39.4 Å². The first-order valence-electron chi connectivity index (χ1n) is 4.86. The van der Waals surface area contributed by atoms with Crippen LogP contribution in [0.1, 0.15) is 6.92 Å². The zero-order chi connectivity index (χ0) is 10.6. The molecule has 82 valence electrons. The second-order valence-corrected chi connectivity index (χ2v) is 4.13. The molecule has 1 fully saturated rings. The van der Waals surface area contributed by atoms with E-state index in [4.69, 9.17) is 11.6 Å². The van der Waals surface area contributed by atoms with Gasteiger partial charge in [0.2, 0.25) is 5.91 Å². The summed E-state index contributed by atoms with van der Waals surface area (Å²) in [6.07, 6.45) is 0. The first-order valence-corrected chi connectivity index (χ1v) is 5.30. The minimum absolute atomic E-state index is 0.0217. The molecule has 0 N–H and O–H groups in total. The molecule has 0 radical (unpaired) electrons. The van der Waals surface area contributed by atoms with Crippen molar-refractivity contribution in [3.63, 3.8) is 0 Å². The van der Waals surface area contributed by atoms with E-state index in [2.05, 4.69) is 0 Å². The summed E-state index contributed by atoms with van der Waals surface area (Å²) in [5.74, 6) is -0.0217. The summed E-state index contributed by atoms with van der Waals surface area (Å²) in [5.41, 5.74) is 0. The van der Waals surface area contributed by atoms with Crippen molar-refractivity contribution in [3.05, 3.63) is 0 Å². The Bertz CT molecular complexity index is 193. The lowest BCUT2D eigenvalue weighted by Crippen LogP contribution is -2.50. The predicted octanol–water partition coefficient (Wildman–Crippen LogP) is 0.727. The zero-order valence-corrected chi connectivity index (χ0v) is 9.13. The van der Waals surface area contributed by atoms with Crippen LogP contribution in [0, 0.1) is 0 Å². The van der Waals surface area contributed by atoms with Crippen LogP contribution < -0.4 is 0 Å². The van der Waals surface area contributed by atoms with Crippen molar-refractivity contribution >= 4 is 17.5 Å². The number of alkyl halides is 2. The Morgan fingerprint density at radius 2 is 2.00 bits per heavy atom. The van der Waals surface area contributed by atoms with Crippen molar-refractivity contribution in [3.8, 4) is 0 Å². The van der Waals surface area contributed by atoms with Crippen LogP contribution in [-0.4, -0.2) is 60.5 Å². The van der Waals surface area contributed by atoms with Crippen molar-refractivity contribution in [1.82, 2.24) is 9.80 Å². The Morgan fingerprint density at radius 3 is 2.43 bits per heavy atom. The Labute approximate surface area is 88.8 Å². The van der Waals surface area contributed by atoms with Gasteiger partial charge in [0, 0.05) is 32.7 Å². The van der Waals surface area contributed by atoms with Crippen molar-refractivity contribution in [1.29, 1.82) is 0 Å². The molecule has 0 aliphatic carbocycles. The van der Waals surface area contributed by atoms with Crippen LogP contribution in [0.3, 0.4) is 0 Å². The van der Waals surface area contributed by atoms with E-state index in [0.29, 0.717) is 19.6 Å². The normalized spacial score (nSPS) is 20.9. The van der Waals surface area contributed by atoms with Gasteiger partial charge in [-0.1, -0.05) is 0 Å². The number of nitrogens with zero attached hydrogens (tertiary/aromatic N) is 2. The molecule has 0 unspecified atom stereocenters. The van der Waals surface area contributed by atoms with E-state index in [1.54, 1.807) is 11.8 Å². The summed E-state index contributed by atoms with van der Waals surface area (Å²) in [7, 11) is 0. The minimum Gasteiger partial charge on any atom is -0.339 e. The van der Waals surface area contributed by atoms with Crippen LogP contribution >= 0.6 is 11.6 Å². The van der Waals surface area contributed by atoms with Gasteiger partial charge in [0.25, 0.3) is 0 Å². The molecule has 0 aromatic heterocycles. The maximum absolute atomic E-state index is 12.0. The lowest BCUT2D eigenvalue weighted by molar-refractivity contribution is -0.132. The van der Waals surface area contributed by atoms with Crippen molar-refractivity contribution in [2.45, 2.75) is 12.3 Å². The summed E-state index contributed by atoms with van der Waals surface area (Å²) in [6.45, 7) is 4.65. The van der Waals surface area contributed by atoms with E-state index < -0.39 is 5.38 Å². The number of carbonyl (C=O) groups excluding carboxylic acids is 1. The quantitative estimate of drug-likeness (QED) is 0.658. The monoisotopic (exact) mass is 222 g/mol. The molecule has 3 nitrogen and oxygen atoms in total.